The Balaban J connectivity index is 2.84. The molecular weight excluding hydrogens is 281 g/mol. The van der Waals surface area contributed by atoms with E-state index in [1.165, 1.54) is 5.56 Å². The minimum atomic E-state index is -2.52. The minimum Gasteiger partial charge on any atom is -0.384 e. The summed E-state index contributed by atoms with van der Waals surface area (Å²) in [5.41, 5.74) is 2.20. The van der Waals surface area contributed by atoms with Crippen LogP contribution < -0.4 is 5.32 Å². The standard InChI is InChI=1S/C17H30NO2P/c1-6-9-13(2)16(21(19)20)12-18-15-11-8-7-10-14(15)17(3,4)5/h7-8,10-11,13,16,18,21H,6,9,12H2,1-5H3,(H,19,20). The first-order valence-electron chi connectivity index (χ1n) is 7.83. The molecule has 0 heterocycles. The summed E-state index contributed by atoms with van der Waals surface area (Å²) in [6.07, 6.45) is 2.04. The van der Waals surface area contributed by atoms with E-state index in [1.54, 1.807) is 0 Å². The van der Waals surface area contributed by atoms with E-state index in [0.29, 0.717) is 6.54 Å². The molecule has 0 aliphatic rings. The molecule has 3 unspecified atom stereocenters. The van der Waals surface area contributed by atoms with E-state index >= 15 is 0 Å². The van der Waals surface area contributed by atoms with Crippen molar-refractivity contribution < 1.29 is 9.46 Å². The van der Waals surface area contributed by atoms with Gasteiger partial charge in [-0.25, -0.2) is 0 Å². The Kier molecular flexibility index (Phi) is 6.96. The second-order valence-corrected chi connectivity index (χ2v) is 8.31. The van der Waals surface area contributed by atoms with Gasteiger partial charge in [0, 0.05) is 12.2 Å². The normalized spacial score (nSPS) is 16.3. The number of nitrogens with one attached hydrogen (secondary N) is 1. The summed E-state index contributed by atoms with van der Waals surface area (Å²) in [4.78, 5) is 9.62. The third kappa shape index (κ3) is 5.48. The Morgan fingerprint density at radius 2 is 1.90 bits per heavy atom. The number of anilines is 1. The largest absolute Gasteiger partial charge is 0.384 e. The molecule has 1 aromatic rings. The van der Waals surface area contributed by atoms with Crippen LogP contribution in [0.5, 0.6) is 0 Å². The molecule has 0 saturated heterocycles. The lowest BCUT2D eigenvalue weighted by atomic mass is 9.86. The lowest BCUT2D eigenvalue weighted by Gasteiger charge is -2.26. The van der Waals surface area contributed by atoms with E-state index in [9.17, 15) is 9.46 Å². The number of rotatable bonds is 7. The number of benzene rings is 1. The maximum atomic E-state index is 11.7. The van der Waals surface area contributed by atoms with Crippen LogP contribution >= 0.6 is 8.03 Å². The van der Waals surface area contributed by atoms with Crippen molar-refractivity contribution in [1.29, 1.82) is 0 Å². The molecule has 0 aromatic heterocycles. The molecule has 4 heteroatoms. The van der Waals surface area contributed by atoms with Gasteiger partial charge in [-0.3, -0.25) is 4.57 Å². The van der Waals surface area contributed by atoms with E-state index in [2.05, 4.69) is 52.1 Å². The lowest BCUT2D eigenvalue weighted by Crippen LogP contribution is -2.25. The van der Waals surface area contributed by atoms with Crippen molar-refractivity contribution in [3.8, 4) is 0 Å². The molecule has 1 rings (SSSR count). The highest BCUT2D eigenvalue weighted by Crippen LogP contribution is 2.33. The first-order chi connectivity index (χ1) is 9.77. The van der Waals surface area contributed by atoms with E-state index in [-0.39, 0.29) is 17.0 Å². The molecule has 0 aliphatic carbocycles. The van der Waals surface area contributed by atoms with Crippen molar-refractivity contribution in [1.82, 2.24) is 0 Å². The smallest absolute Gasteiger partial charge is 0.194 e. The topological polar surface area (TPSA) is 49.3 Å². The van der Waals surface area contributed by atoms with E-state index in [4.69, 9.17) is 0 Å². The molecule has 2 N–H and O–H groups in total. The summed E-state index contributed by atoms with van der Waals surface area (Å²) in [5, 5.41) is 3.41. The van der Waals surface area contributed by atoms with Crippen LogP contribution in [-0.2, 0) is 9.98 Å². The van der Waals surface area contributed by atoms with Gasteiger partial charge in [-0.15, -0.1) is 0 Å². The monoisotopic (exact) mass is 311 g/mol. The first kappa shape index (κ1) is 18.3. The van der Waals surface area contributed by atoms with Crippen molar-refractivity contribution in [2.24, 2.45) is 5.92 Å². The molecular formula is C17H30NO2P. The number of hydrogen-bond donors (Lipinski definition) is 2. The van der Waals surface area contributed by atoms with Crippen LogP contribution in [-0.4, -0.2) is 17.1 Å². The highest BCUT2D eigenvalue weighted by molar-refractivity contribution is 7.39. The molecule has 3 atom stereocenters. The lowest BCUT2D eigenvalue weighted by molar-refractivity contribution is 0.439. The minimum absolute atomic E-state index is 0.0542. The summed E-state index contributed by atoms with van der Waals surface area (Å²) in [6, 6.07) is 8.22. The van der Waals surface area contributed by atoms with E-state index < -0.39 is 8.03 Å². The fourth-order valence-electron chi connectivity index (χ4n) is 2.70. The van der Waals surface area contributed by atoms with Crippen LogP contribution in [0.2, 0.25) is 0 Å². The van der Waals surface area contributed by atoms with Gasteiger partial charge in [-0.05, 0) is 23.0 Å². The quantitative estimate of drug-likeness (QED) is 0.720. The van der Waals surface area contributed by atoms with Crippen molar-refractivity contribution in [2.75, 3.05) is 11.9 Å². The predicted molar refractivity (Wildman–Crippen MR) is 92.7 cm³/mol. The maximum absolute atomic E-state index is 11.7. The average molecular weight is 311 g/mol. The molecule has 120 valence electrons. The van der Waals surface area contributed by atoms with Crippen LogP contribution in [0.4, 0.5) is 5.69 Å². The van der Waals surface area contributed by atoms with Gasteiger partial charge >= 0.3 is 0 Å². The Labute approximate surface area is 130 Å². The SMILES string of the molecule is CCCC(C)C(CNc1ccccc1C(C)(C)C)[PH](=O)O. The van der Waals surface area contributed by atoms with Crippen LogP contribution in [0, 0.1) is 5.92 Å². The molecule has 1 aromatic carbocycles. The van der Waals surface area contributed by atoms with Gasteiger partial charge in [-0.2, -0.15) is 0 Å². The van der Waals surface area contributed by atoms with Crippen LogP contribution in [0.1, 0.15) is 53.0 Å². The number of hydrogen-bond acceptors (Lipinski definition) is 2. The van der Waals surface area contributed by atoms with Crippen molar-refractivity contribution in [3.63, 3.8) is 0 Å². The van der Waals surface area contributed by atoms with Crippen LogP contribution in [0.15, 0.2) is 24.3 Å². The van der Waals surface area contributed by atoms with Crippen LogP contribution in [0.3, 0.4) is 0 Å². The molecule has 0 radical (unpaired) electrons. The van der Waals surface area contributed by atoms with Crippen molar-refractivity contribution >= 4 is 13.7 Å². The van der Waals surface area contributed by atoms with Gasteiger partial charge in [0.1, 0.15) is 0 Å². The zero-order valence-electron chi connectivity index (χ0n) is 13.9. The molecule has 0 aliphatic heterocycles. The summed E-state index contributed by atoms with van der Waals surface area (Å²) in [6.45, 7) is 11.3. The van der Waals surface area contributed by atoms with Gasteiger partial charge in [-0.1, -0.05) is 65.7 Å². The second kappa shape index (κ2) is 8.00. The third-order valence-electron chi connectivity index (χ3n) is 4.00. The maximum Gasteiger partial charge on any atom is 0.194 e. The fourth-order valence-corrected chi connectivity index (χ4v) is 3.63. The van der Waals surface area contributed by atoms with Gasteiger partial charge in [0.25, 0.3) is 0 Å². The molecule has 0 amide bonds. The highest BCUT2D eigenvalue weighted by atomic mass is 31.1. The molecule has 0 fully saturated rings. The summed E-state index contributed by atoms with van der Waals surface area (Å²) >= 11 is 0. The highest BCUT2D eigenvalue weighted by Gasteiger charge is 2.23. The van der Waals surface area contributed by atoms with Crippen LogP contribution in [0.25, 0.3) is 0 Å². The van der Waals surface area contributed by atoms with E-state index in [0.717, 1.165) is 18.5 Å². The van der Waals surface area contributed by atoms with Gasteiger partial charge in [0.2, 0.25) is 0 Å². The molecule has 21 heavy (non-hydrogen) atoms. The van der Waals surface area contributed by atoms with Gasteiger partial charge in [0.05, 0.1) is 5.66 Å². The summed E-state index contributed by atoms with van der Waals surface area (Å²) < 4.78 is 11.7. The zero-order chi connectivity index (χ0) is 16.0. The summed E-state index contributed by atoms with van der Waals surface area (Å²) in [5.74, 6) is 0.265. The zero-order valence-corrected chi connectivity index (χ0v) is 14.9. The Morgan fingerprint density at radius 1 is 1.29 bits per heavy atom. The fraction of sp³-hybridized carbons (Fsp3) is 0.647. The van der Waals surface area contributed by atoms with E-state index in [1.807, 2.05) is 12.1 Å². The average Bonchev–Trinajstić information content (AvgIpc) is 2.38. The molecule has 0 saturated carbocycles. The summed E-state index contributed by atoms with van der Waals surface area (Å²) in [7, 11) is -2.52. The Bertz CT molecular complexity index is 468. The molecule has 3 nitrogen and oxygen atoms in total. The second-order valence-electron chi connectivity index (χ2n) is 6.89. The van der Waals surface area contributed by atoms with Gasteiger partial charge in [0.15, 0.2) is 8.03 Å². The molecule has 0 bridgehead atoms. The van der Waals surface area contributed by atoms with Gasteiger partial charge < -0.3 is 10.2 Å². The molecule has 0 spiro atoms. The third-order valence-corrected chi connectivity index (χ3v) is 5.40. The first-order valence-corrected chi connectivity index (χ1v) is 9.26. The predicted octanol–water partition coefficient (Wildman–Crippen LogP) is 4.67. The Morgan fingerprint density at radius 3 is 2.43 bits per heavy atom. The van der Waals surface area contributed by atoms with Crippen molar-refractivity contribution in [2.45, 2.75) is 58.5 Å². The van der Waals surface area contributed by atoms with Crippen molar-refractivity contribution in [3.05, 3.63) is 29.8 Å². The Hall–Kier alpha value is -0.790. The number of para-hydroxylation sites is 1.